The molecule has 0 bridgehead atoms. The Morgan fingerprint density at radius 2 is 1.87 bits per heavy atom. The molecule has 1 N–H and O–H groups in total. The summed E-state index contributed by atoms with van der Waals surface area (Å²) < 4.78 is 47.2. The molecule has 31 heavy (non-hydrogen) atoms. The van der Waals surface area contributed by atoms with E-state index in [0.29, 0.717) is 18.4 Å². The highest BCUT2D eigenvalue weighted by Gasteiger charge is 2.36. The van der Waals surface area contributed by atoms with Crippen LogP contribution in [-0.4, -0.2) is 55.3 Å². The van der Waals surface area contributed by atoms with Crippen LogP contribution in [0.5, 0.6) is 5.75 Å². The molecule has 0 spiro atoms. The Balaban J connectivity index is 1.35. The molecule has 1 aliphatic carbocycles. The molecular weight excluding hydrogens is 427 g/mol. The van der Waals surface area contributed by atoms with Crippen molar-refractivity contribution in [3.63, 3.8) is 0 Å². The lowest BCUT2D eigenvalue weighted by molar-refractivity contribution is -0.274. The van der Waals surface area contributed by atoms with Gasteiger partial charge in [0.25, 0.3) is 0 Å². The maximum absolute atomic E-state index is 12.5. The van der Waals surface area contributed by atoms with Crippen molar-refractivity contribution >= 4 is 11.3 Å². The summed E-state index contributed by atoms with van der Waals surface area (Å²) >= 11 is 1.74. The zero-order chi connectivity index (χ0) is 21.4. The number of aromatic nitrogens is 1. The average Bonchev–Trinajstić information content (AvgIpc) is 3.50. The molecule has 3 aliphatic rings. The minimum atomic E-state index is -4.68. The summed E-state index contributed by atoms with van der Waals surface area (Å²) in [7, 11) is 0. The number of alkyl halides is 3. The Labute approximate surface area is 183 Å². The van der Waals surface area contributed by atoms with Gasteiger partial charge in [-0.3, -0.25) is 10.2 Å². The highest BCUT2D eigenvalue weighted by molar-refractivity contribution is 7.09. The highest BCUT2D eigenvalue weighted by Crippen LogP contribution is 2.43. The second-order valence-corrected chi connectivity index (χ2v) is 9.52. The van der Waals surface area contributed by atoms with Gasteiger partial charge in [0.15, 0.2) is 0 Å². The highest BCUT2D eigenvalue weighted by atomic mass is 32.1. The minimum absolute atomic E-state index is 0.148. The van der Waals surface area contributed by atoms with E-state index in [1.54, 1.807) is 23.5 Å². The maximum atomic E-state index is 12.5. The van der Waals surface area contributed by atoms with Gasteiger partial charge in [0, 0.05) is 36.9 Å². The molecule has 168 valence electrons. The third-order valence-corrected chi connectivity index (χ3v) is 7.32. The standard InChI is InChI=1S/C22H26F3N3O2S/c23-22(24,25)30-18-5-3-14(4-6-18)16-9-17(21-27-19(13-31-21)15-1-2-15)11-28(10-16)20-12-29-8-7-26-20/h3-6,13,15-17,20,26H,1-2,7-12H2. The Hall–Kier alpha value is -1.68. The smallest absolute Gasteiger partial charge is 0.406 e. The topological polar surface area (TPSA) is 46.6 Å². The van der Waals surface area contributed by atoms with E-state index in [1.807, 2.05) is 0 Å². The number of benzene rings is 1. The van der Waals surface area contributed by atoms with Crippen LogP contribution >= 0.6 is 11.3 Å². The molecule has 3 atom stereocenters. The third kappa shape index (κ3) is 5.22. The normalized spacial score (nSPS) is 27.9. The van der Waals surface area contributed by atoms with Crippen molar-refractivity contribution in [2.24, 2.45) is 0 Å². The van der Waals surface area contributed by atoms with Crippen LogP contribution in [0.3, 0.4) is 0 Å². The summed E-state index contributed by atoms with van der Waals surface area (Å²) in [5, 5.41) is 6.91. The summed E-state index contributed by atoms with van der Waals surface area (Å²) in [5.41, 5.74) is 2.25. The van der Waals surface area contributed by atoms with Crippen LogP contribution in [0, 0.1) is 0 Å². The van der Waals surface area contributed by atoms with Gasteiger partial charge in [-0.25, -0.2) is 4.98 Å². The lowest BCUT2D eigenvalue weighted by Crippen LogP contribution is -2.56. The van der Waals surface area contributed by atoms with Crippen LogP contribution < -0.4 is 10.1 Å². The van der Waals surface area contributed by atoms with Crippen molar-refractivity contribution in [3.8, 4) is 5.75 Å². The second-order valence-electron chi connectivity index (χ2n) is 8.63. The summed E-state index contributed by atoms with van der Waals surface area (Å²) in [4.78, 5) is 7.37. The lowest BCUT2D eigenvalue weighted by atomic mass is 9.84. The van der Waals surface area contributed by atoms with E-state index >= 15 is 0 Å². The van der Waals surface area contributed by atoms with E-state index in [4.69, 9.17) is 9.72 Å². The lowest BCUT2D eigenvalue weighted by Gasteiger charge is -2.43. The van der Waals surface area contributed by atoms with Gasteiger partial charge in [0.1, 0.15) is 5.75 Å². The van der Waals surface area contributed by atoms with Gasteiger partial charge >= 0.3 is 6.36 Å². The van der Waals surface area contributed by atoms with Crippen molar-refractivity contribution in [1.82, 2.24) is 15.2 Å². The molecule has 1 saturated carbocycles. The van der Waals surface area contributed by atoms with Gasteiger partial charge in [-0.15, -0.1) is 24.5 Å². The minimum Gasteiger partial charge on any atom is -0.406 e. The van der Waals surface area contributed by atoms with Crippen LogP contribution in [0.4, 0.5) is 13.2 Å². The number of rotatable bonds is 5. The predicted octanol–water partition coefficient (Wildman–Crippen LogP) is 4.44. The molecule has 1 aromatic heterocycles. The van der Waals surface area contributed by atoms with E-state index < -0.39 is 6.36 Å². The zero-order valence-electron chi connectivity index (χ0n) is 17.1. The van der Waals surface area contributed by atoms with Crippen LogP contribution in [0.25, 0.3) is 0 Å². The Bertz CT molecular complexity index is 879. The molecule has 0 amide bonds. The van der Waals surface area contributed by atoms with Crippen LogP contribution in [-0.2, 0) is 4.74 Å². The molecule has 5 nitrogen and oxygen atoms in total. The predicted molar refractivity (Wildman–Crippen MR) is 111 cm³/mol. The van der Waals surface area contributed by atoms with Gasteiger partial charge in [-0.1, -0.05) is 12.1 Å². The van der Waals surface area contributed by atoms with Crippen molar-refractivity contribution < 1.29 is 22.6 Å². The number of hydrogen-bond acceptors (Lipinski definition) is 6. The van der Waals surface area contributed by atoms with Crippen molar-refractivity contribution in [3.05, 3.63) is 45.9 Å². The monoisotopic (exact) mass is 453 g/mol. The number of thiazole rings is 1. The van der Waals surface area contributed by atoms with Gasteiger partial charge < -0.3 is 9.47 Å². The van der Waals surface area contributed by atoms with Gasteiger partial charge in [0.05, 0.1) is 30.1 Å². The molecule has 0 radical (unpaired) electrons. The third-order valence-electron chi connectivity index (χ3n) is 6.29. The molecule has 3 heterocycles. The molecule has 3 unspecified atom stereocenters. The van der Waals surface area contributed by atoms with Gasteiger partial charge in [-0.2, -0.15) is 0 Å². The maximum Gasteiger partial charge on any atom is 0.573 e. The SMILES string of the molecule is FC(F)(F)Oc1ccc(C2CC(c3nc(C4CC4)cs3)CN(C3COCCN3)C2)cc1. The fraction of sp³-hybridized carbons (Fsp3) is 0.591. The zero-order valence-corrected chi connectivity index (χ0v) is 17.9. The molecule has 3 fully saturated rings. The first kappa shape index (κ1) is 21.2. The molecular formula is C22H26F3N3O2S. The summed E-state index contributed by atoms with van der Waals surface area (Å²) in [6, 6.07) is 6.34. The number of halogens is 3. The Morgan fingerprint density at radius 1 is 1.10 bits per heavy atom. The van der Waals surface area contributed by atoms with E-state index in [9.17, 15) is 13.2 Å². The van der Waals surface area contributed by atoms with E-state index in [1.165, 1.54) is 35.7 Å². The summed E-state index contributed by atoms with van der Waals surface area (Å²) in [5.74, 6) is 0.952. The second kappa shape index (κ2) is 8.69. The number of morpholine rings is 1. The molecule has 5 rings (SSSR count). The number of nitrogens with zero attached hydrogens (tertiary/aromatic N) is 2. The van der Waals surface area contributed by atoms with Crippen LogP contribution in [0.2, 0.25) is 0 Å². The first-order valence-electron chi connectivity index (χ1n) is 10.8. The quantitative estimate of drug-likeness (QED) is 0.726. The largest absolute Gasteiger partial charge is 0.573 e. The number of piperidine rings is 1. The van der Waals surface area contributed by atoms with Crippen LogP contribution in [0.15, 0.2) is 29.6 Å². The number of likely N-dealkylation sites (tertiary alicyclic amines) is 1. The van der Waals surface area contributed by atoms with Crippen molar-refractivity contribution in [2.45, 2.75) is 49.5 Å². The molecule has 2 aliphatic heterocycles. The van der Waals surface area contributed by atoms with Crippen molar-refractivity contribution in [2.75, 3.05) is 32.8 Å². The van der Waals surface area contributed by atoms with Crippen molar-refractivity contribution in [1.29, 1.82) is 0 Å². The number of hydrogen-bond donors (Lipinski definition) is 1. The van der Waals surface area contributed by atoms with E-state index in [0.717, 1.165) is 38.2 Å². The fourth-order valence-electron chi connectivity index (χ4n) is 4.59. The molecule has 9 heteroatoms. The van der Waals surface area contributed by atoms with Gasteiger partial charge in [0.2, 0.25) is 0 Å². The Kier molecular flexibility index (Phi) is 5.94. The van der Waals surface area contributed by atoms with E-state index in [-0.39, 0.29) is 17.8 Å². The fourth-order valence-corrected chi connectivity index (χ4v) is 5.60. The first-order chi connectivity index (χ1) is 14.9. The average molecular weight is 454 g/mol. The number of ether oxygens (including phenoxy) is 2. The summed E-state index contributed by atoms with van der Waals surface area (Å²) in [6.07, 6.45) is -1.13. The molecule has 1 aromatic carbocycles. The van der Waals surface area contributed by atoms with Crippen LogP contribution in [0.1, 0.15) is 53.3 Å². The molecule has 2 aromatic rings. The first-order valence-corrected chi connectivity index (χ1v) is 11.7. The van der Waals surface area contributed by atoms with Gasteiger partial charge in [-0.05, 0) is 42.9 Å². The molecule has 2 saturated heterocycles. The Morgan fingerprint density at radius 3 is 2.55 bits per heavy atom. The number of nitrogens with one attached hydrogen (secondary N) is 1. The van der Waals surface area contributed by atoms with E-state index in [2.05, 4.69) is 20.3 Å². The summed E-state index contributed by atoms with van der Waals surface area (Å²) in [6.45, 7) is 3.92.